The van der Waals surface area contributed by atoms with Crippen molar-refractivity contribution >= 4 is 23.2 Å². The van der Waals surface area contributed by atoms with E-state index in [9.17, 15) is 9.59 Å². The number of hydrogen-bond donors (Lipinski definition) is 2. The molecule has 3 aromatic rings. The number of benzene rings is 1. The van der Waals surface area contributed by atoms with Crippen molar-refractivity contribution in [3.05, 3.63) is 69.9 Å². The molecule has 0 unspecified atom stereocenters. The number of nitrogens with one attached hydrogen (secondary N) is 1. The number of nitrogens with zero attached hydrogens (tertiary/aromatic N) is 2. The molecule has 0 saturated heterocycles. The number of primary amides is 1. The van der Waals surface area contributed by atoms with Gasteiger partial charge in [0.1, 0.15) is 5.01 Å². The molecule has 0 aliphatic rings. The summed E-state index contributed by atoms with van der Waals surface area (Å²) in [7, 11) is 0. The summed E-state index contributed by atoms with van der Waals surface area (Å²) < 4.78 is 0. The first kappa shape index (κ1) is 16.8. The van der Waals surface area contributed by atoms with E-state index in [0.29, 0.717) is 12.1 Å². The summed E-state index contributed by atoms with van der Waals surface area (Å²) in [5, 5.41) is 5.57. The predicted molar refractivity (Wildman–Crippen MR) is 96.2 cm³/mol. The van der Waals surface area contributed by atoms with Gasteiger partial charge in [-0.05, 0) is 48.4 Å². The van der Waals surface area contributed by atoms with Gasteiger partial charge in [-0.15, -0.1) is 11.3 Å². The van der Waals surface area contributed by atoms with E-state index in [1.807, 2.05) is 12.3 Å². The van der Waals surface area contributed by atoms with Crippen LogP contribution in [-0.2, 0) is 6.54 Å². The molecule has 0 aliphatic carbocycles. The third-order valence-corrected chi connectivity index (χ3v) is 4.53. The molecule has 0 radical (unpaired) electrons. The van der Waals surface area contributed by atoms with Crippen LogP contribution in [0.2, 0.25) is 0 Å². The zero-order valence-corrected chi connectivity index (χ0v) is 14.3. The van der Waals surface area contributed by atoms with Crippen LogP contribution in [0, 0.1) is 6.92 Å². The Balaban J connectivity index is 1.87. The van der Waals surface area contributed by atoms with Crippen molar-refractivity contribution in [1.29, 1.82) is 0 Å². The largest absolute Gasteiger partial charge is 0.366 e. The quantitative estimate of drug-likeness (QED) is 0.737. The second-order valence-electron chi connectivity index (χ2n) is 5.46. The van der Waals surface area contributed by atoms with E-state index in [4.69, 9.17) is 5.73 Å². The van der Waals surface area contributed by atoms with E-state index in [1.165, 1.54) is 17.4 Å². The number of thiazole rings is 1. The molecule has 25 heavy (non-hydrogen) atoms. The van der Waals surface area contributed by atoms with Crippen molar-refractivity contribution in [2.45, 2.75) is 13.5 Å². The molecule has 0 spiro atoms. The van der Waals surface area contributed by atoms with E-state index < -0.39 is 5.91 Å². The number of carbonyl (C=O) groups excluding carboxylic acids is 2. The highest BCUT2D eigenvalue weighted by Gasteiger charge is 2.13. The summed E-state index contributed by atoms with van der Waals surface area (Å²) in [5.74, 6) is -0.869. The highest BCUT2D eigenvalue weighted by Crippen LogP contribution is 2.22. The predicted octanol–water partition coefficient (Wildman–Crippen LogP) is 2.54. The zero-order valence-electron chi connectivity index (χ0n) is 13.5. The standard InChI is InChI=1S/C18H16N4O2S/c1-11-10-25-16(22-11)9-21-18(24)15-7-13(6-14(8-15)17(19)23)12-2-4-20-5-3-12/h2-8,10H,9H2,1H3,(H2,19,23)(H,21,24). The zero-order chi connectivity index (χ0) is 17.8. The molecular weight excluding hydrogens is 336 g/mol. The van der Waals surface area contributed by atoms with Gasteiger partial charge < -0.3 is 11.1 Å². The number of hydrogen-bond acceptors (Lipinski definition) is 5. The Hall–Kier alpha value is -3.06. The number of nitrogens with two attached hydrogens (primary N) is 1. The van der Waals surface area contributed by atoms with Crippen LogP contribution >= 0.6 is 11.3 Å². The number of carbonyl (C=O) groups is 2. The number of aryl methyl sites for hydroxylation is 1. The fraction of sp³-hybridized carbons (Fsp3) is 0.111. The number of amides is 2. The van der Waals surface area contributed by atoms with E-state index in [-0.39, 0.29) is 11.5 Å². The summed E-state index contributed by atoms with van der Waals surface area (Å²) in [4.78, 5) is 32.4. The summed E-state index contributed by atoms with van der Waals surface area (Å²) in [6.07, 6.45) is 3.30. The van der Waals surface area contributed by atoms with E-state index in [0.717, 1.165) is 21.8 Å². The number of pyridine rings is 1. The highest BCUT2D eigenvalue weighted by molar-refractivity contribution is 7.09. The van der Waals surface area contributed by atoms with Gasteiger partial charge in [-0.25, -0.2) is 4.98 Å². The van der Waals surface area contributed by atoms with Gasteiger partial charge in [0.2, 0.25) is 5.91 Å². The number of rotatable bonds is 5. The van der Waals surface area contributed by atoms with Crippen LogP contribution in [0.15, 0.2) is 48.1 Å². The van der Waals surface area contributed by atoms with Crippen molar-refractivity contribution < 1.29 is 9.59 Å². The fourth-order valence-electron chi connectivity index (χ4n) is 2.35. The Morgan fingerprint density at radius 2 is 1.84 bits per heavy atom. The molecule has 2 heterocycles. The van der Waals surface area contributed by atoms with Gasteiger partial charge in [-0.3, -0.25) is 14.6 Å². The topological polar surface area (TPSA) is 98.0 Å². The minimum atomic E-state index is -0.583. The smallest absolute Gasteiger partial charge is 0.251 e. The first-order valence-electron chi connectivity index (χ1n) is 7.57. The average Bonchev–Trinajstić information content (AvgIpc) is 3.05. The lowest BCUT2D eigenvalue weighted by molar-refractivity contribution is 0.0951. The monoisotopic (exact) mass is 352 g/mol. The van der Waals surface area contributed by atoms with Crippen molar-refractivity contribution in [3.63, 3.8) is 0 Å². The lowest BCUT2D eigenvalue weighted by Crippen LogP contribution is -2.23. The molecule has 3 rings (SSSR count). The second kappa shape index (κ2) is 7.23. The summed E-state index contributed by atoms with van der Waals surface area (Å²) in [5.41, 5.74) is 8.56. The van der Waals surface area contributed by atoms with Crippen LogP contribution in [0.5, 0.6) is 0 Å². The molecule has 2 amide bonds. The minimum Gasteiger partial charge on any atom is -0.366 e. The van der Waals surface area contributed by atoms with E-state index in [1.54, 1.807) is 36.7 Å². The molecule has 0 aliphatic heterocycles. The summed E-state index contributed by atoms with van der Waals surface area (Å²) in [6, 6.07) is 8.50. The molecule has 126 valence electrons. The Morgan fingerprint density at radius 3 is 2.48 bits per heavy atom. The fourth-order valence-corrected chi connectivity index (χ4v) is 3.07. The van der Waals surface area contributed by atoms with Gasteiger partial charge in [-0.1, -0.05) is 0 Å². The van der Waals surface area contributed by atoms with Crippen LogP contribution in [0.1, 0.15) is 31.4 Å². The molecule has 1 aromatic carbocycles. The van der Waals surface area contributed by atoms with E-state index >= 15 is 0 Å². The van der Waals surface area contributed by atoms with Gasteiger partial charge in [0.05, 0.1) is 6.54 Å². The van der Waals surface area contributed by atoms with E-state index in [2.05, 4.69) is 15.3 Å². The van der Waals surface area contributed by atoms with Crippen molar-refractivity contribution in [2.75, 3.05) is 0 Å². The molecule has 7 heteroatoms. The Labute approximate surface area is 148 Å². The molecular formula is C18H16N4O2S. The van der Waals surface area contributed by atoms with Crippen LogP contribution in [0.4, 0.5) is 0 Å². The average molecular weight is 352 g/mol. The van der Waals surface area contributed by atoms with Crippen molar-refractivity contribution in [1.82, 2.24) is 15.3 Å². The highest BCUT2D eigenvalue weighted by atomic mass is 32.1. The first-order chi connectivity index (χ1) is 12.0. The van der Waals surface area contributed by atoms with Crippen molar-refractivity contribution in [2.24, 2.45) is 5.73 Å². The maximum absolute atomic E-state index is 12.5. The van der Waals surface area contributed by atoms with Gasteiger partial charge in [0, 0.05) is 34.6 Å². The normalized spacial score (nSPS) is 10.4. The molecule has 3 N–H and O–H groups in total. The van der Waals surface area contributed by atoms with Crippen LogP contribution in [0.25, 0.3) is 11.1 Å². The van der Waals surface area contributed by atoms with Crippen LogP contribution in [0.3, 0.4) is 0 Å². The van der Waals surface area contributed by atoms with Crippen LogP contribution < -0.4 is 11.1 Å². The van der Waals surface area contributed by atoms with Crippen LogP contribution in [-0.4, -0.2) is 21.8 Å². The molecule has 6 nitrogen and oxygen atoms in total. The lowest BCUT2D eigenvalue weighted by atomic mass is 10.00. The van der Waals surface area contributed by atoms with Gasteiger partial charge in [0.15, 0.2) is 0 Å². The third kappa shape index (κ3) is 4.07. The van der Waals surface area contributed by atoms with Gasteiger partial charge >= 0.3 is 0 Å². The second-order valence-corrected chi connectivity index (χ2v) is 6.41. The summed E-state index contributed by atoms with van der Waals surface area (Å²) >= 11 is 1.49. The molecule has 0 bridgehead atoms. The lowest BCUT2D eigenvalue weighted by Gasteiger charge is -2.09. The maximum Gasteiger partial charge on any atom is 0.251 e. The Bertz CT molecular complexity index is 922. The van der Waals surface area contributed by atoms with Gasteiger partial charge in [-0.2, -0.15) is 0 Å². The first-order valence-corrected chi connectivity index (χ1v) is 8.45. The Kier molecular flexibility index (Phi) is 4.85. The van der Waals surface area contributed by atoms with Gasteiger partial charge in [0.25, 0.3) is 5.91 Å². The third-order valence-electron chi connectivity index (χ3n) is 3.56. The molecule has 2 aromatic heterocycles. The van der Waals surface area contributed by atoms with Crippen molar-refractivity contribution in [3.8, 4) is 11.1 Å². The maximum atomic E-state index is 12.5. The summed E-state index contributed by atoms with van der Waals surface area (Å²) in [6.45, 7) is 2.24. The molecule has 0 atom stereocenters. The Morgan fingerprint density at radius 1 is 1.12 bits per heavy atom. The number of aromatic nitrogens is 2. The minimum absolute atomic E-state index is 0.282. The SMILES string of the molecule is Cc1csc(CNC(=O)c2cc(C(N)=O)cc(-c3ccncc3)c2)n1. The molecule has 0 saturated carbocycles. The molecule has 0 fully saturated rings.